The van der Waals surface area contributed by atoms with Crippen molar-refractivity contribution in [2.45, 2.75) is 6.54 Å². The highest BCUT2D eigenvalue weighted by molar-refractivity contribution is 5.77. The van der Waals surface area contributed by atoms with Gasteiger partial charge in [0.2, 0.25) is 0 Å². The first-order valence-corrected chi connectivity index (χ1v) is 8.17. The second-order valence-electron chi connectivity index (χ2n) is 5.75. The Hall–Kier alpha value is -2.39. The van der Waals surface area contributed by atoms with E-state index < -0.39 is 0 Å². The first-order chi connectivity index (χ1) is 11.4. The van der Waals surface area contributed by atoms with E-state index in [2.05, 4.69) is 63.6 Å². The Morgan fingerprint density at radius 1 is 0.826 bits per heavy atom. The number of piperazine rings is 1. The molecule has 2 aromatic carbocycles. The molecular formula is C20H23N3. The number of benzene rings is 2. The van der Waals surface area contributed by atoms with E-state index in [-0.39, 0.29) is 0 Å². The largest absolute Gasteiger partial charge is 0.295 e. The van der Waals surface area contributed by atoms with E-state index in [0.717, 1.165) is 32.7 Å². The van der Waals surface area contributed by atoms with Gasteiger partial charge in [0, 0.05) is 38.9 Å². The molecule has 1 saturated heterocycles. The molecule has 0 saturated carbocycles. The molecule has 3 nitrogen and oxygen atoms in total. The molecule has 0 aromatic heterocycles. The van der Waals surface area contributed by atoms with Gasteiger partial charge in [0.25, 0.3) is 0 Å². The lowest BCUT2D eigenvalue weighted by Crippen LogP contribution is -2.43. The summed E-state index contributed by atoms with van der Waals surface area (Å²) in [5, 5.41) is 6.68. The topological polar surface area (TPSA) is 18.8 Å². The highest BCUT2D eigenvalue weighted by Gasteiger charge is 2.14. The highest BCUT2D eigenvalue weighted by Crippen LogP contribution is 2.08. The van der Waals surface area contributed by atoms with Crippen LogP contribution in [0.1, 0.15) is 11.1 Å². The van der Waals surface area contributed by atoms with Gasteiger partial charge in [-0.05, 0) is 17.2 Å². The van der Waals surface area contributed by atoms with Crippen LogP contribution in [0.3, 0.4) is 0 Å². The van der Waals surface area contributed by atoms with Gasteiger partial charge in [0.1, 0.15) is 0 Å². The first-order valence-electron chi connectivity index (χ1n) is 8.17. The Bertz CT molecular complexity index is 626. The van der Waals surface area contributed by atoms with Gasteiger partial charge in [-0.25, -0.2) is 0 Å². The van der Waals surface area contributed by atoms with Crippen molar-refractivity contribution >= 4 is 12.3 Å². The fraction of sp³-hybridized carbons (Fsp3) is 0.250. The summed E-state index contributed by atoms with van der Waals surface area (Å²) in [5.74, 6) is 0. The normalized spacial score (nSPS) is 16.4. The van der Waals surface area contributed by atoms with Crippen molar-refractivity contribution in [2.75, 3.05) is 26.2 Å². The van der Waals surface area contributed by atoms with Crippen molar-refractivity contribution in [3.63, 3.8) is 0 Å². The number of rotatable bonds is 5. The van der Waals surface area contributed by atoms with Gasteiger partial charge < -0.3 is 0 Å². The van der Waals surface area contributed by atoms with Gasteiger partial charge in [-0.15, -0.1) is 0 Å². The van der Waals surface area contributed by atoms with Crippen LogP contribution in [0, 0.1) is 0 Å². The molecule has 0 N–H and O–H groups in total. The lowest BCUT2D eigenvalue weighted by Gasteiger charge is -2.32. The predicted octanol–water partition coefficient (Wildman–Crippen LogP) is 3.50. The third-order valence-corrected chi connectivity index (χ3v) is 4.00. The standard InChI is InChI=1S/C20H23N3/c1-3-8-19(9-4-1)12-7-13-21-23-16-14-22(15-17-23)18-20-10-5-2-6-11-20/h1-13H,14-18H2/b12-7+,21-13+. The Balaban J connectivity index is 1.42. The fourth-order valence-corrected chi connectivity index (χ4v) is 2.70. The molecule has 2 aromatic rings. The highest BCUT2D eigenvalue weighted by atomic mass is 15.5. The minimum Gasteiger partial charge on any atom is -0.295 e. The monoisotopic (exact) mass is 305 g/mol. The van der Waals surface area contributed by atoms with Crippen LogP contribution in [-0.2, 0) is 6.54 Å². The van der Waals surface area contributed by atoms with E-state index in [1.165, 1.54) is 11.1 Å². The zero-order valence-electron chi connectivity index (χ0n) is 13.4. The summed E-state index contributed by atoms with van der Waals surface area (Å²) in [6.45, 7) is 5.14. The van der Waals surface area contributed by atoms with Crippen molar-refractivity contribution in [1.82, 2.24) is 9.91 Å². The van der Waals surface area contributed by atoms with Gasteiger partial charge in [-0.2, -0.15) is 5.10 Å². The van der Waals surface area contributed by atoms with Gasteiger partial charge in [-0.3, -0.25) is 9.91 Å². The van der Waals surface area contributed by atoms with Crippen LogP contribution < -0.4 is 0 Å². The third-order valence-electron chi connectivity index (χ3n) is 4.00. The van der Waals surface area contributed by atoms with Crippen LogP contribution in [0.4, 0.5) is 0 Å². The van der Waals surface area contributed by atoms with Gasteiger partial charge in [0.15, 0.2) is 0 Å². The maximum atomic E-state index is 4.53. The molecule has 118 valence electrons. The fourth-order valence-electron chi connectivity index (χ4n) is 2.70. The number of nitrogens with zero attached hydrogens (tertiary/aromatic N) is 3. The van der Waals surface area contributed by atoms with Crippen LogP contribution in [0.2, 0.25) is 0 Å². The molecule has 0 atom stereocenters. The SMILES string of the molecule is C(=C\c1ccccc1)/C=N/N1CCN(Cc2ccccc2)CC1. The first kappa shape index (κ1) is 15.5. The van der Waals surface area contributed by atoms with E-state index in [9.17, 15) is 0 Å². The summed E-state index contributed by atoms with van der Waals surface area (Å²) in [6, 6.07) is 21.0. The lowest BCUT2D eigenvalue weighted by molar-refractivity contribution is 0.131. The van der Waals surface area contributed by atoms with Crippen LogP contribution in [0.15, 0.2) is 71.8 Å². The van der Waals surface area contributed by atoms with Crippen molar-refractivity contribution in [3.05, 3.63) is 77.9 Å². The summed E-state index contributed by atoms with van der Waals surface area (Å²) < 4.78 is 0. The van der Waals surface area contributed by atoms with E-state index in [1.54, 1.807) is 0 Å². The quantitative estimate of drug-likeness (QED) is 0.787. The molecule has 3 heteroatoms. The van der Waals surface area contributed by atoms with E-state index >= 15 is 0 Å². The Labute approximate surface area is 138 Å². The molecule has 1 aliphatic rings. The second-order valence-corrected chi connectivity index (χ2v) is 5.75. The van der Waals surface area contributed by atoms with E-state index in [4.69, 9.17) is 0 Å². The molecule has 0 radical (unpaired) electrons. The Morgan fingerprint density at radius 3 is 2.17 bits per heavy atom. The zero-order chi connectivity index (χ0) is 15.7. The maximum absolute atomic E-state index is 4.53. The molecule has 3 rings (SSSR count). The zero-order valence-corrected chi connectivity index (χ0v) is 13.4. The minimum atomic E-state index is 0.989. The minimum absolute atomic E-state index is 0.989. The summed E-state index contributed by atoms with van der Waals surface area (Å²) in [6.07, 6.45) is 5.97. The number of allylic oxidation sites excluding steroid dienone is 1. The average Bonchev–Trinajstić information content (AvgIpc) is 2.62. The summed E-state index contributed by atoms with van der Waals surface area (Å²) in [4.78, 5) is 2.49. The predicted molar refractivity (Wildman–Crippen MR) is 97.3 cm³/mol. The van der Waals surface area contributed by atoms with Crippen LogP contribution in [0.5, 0.6) is 0 Å². The Kier molecular flexibility index (Phi) is 5.59. The van der Waals surface area contributed by atoms with Gasteiger partial charge >= 0.3 is 0 Å². The van der Waals surface area contributed by atoms with Crippen LogP contribution in [-0.4, -0.2) is 42.3 Å². The van der Waals surface area contributed by atoms with E-state index in [1.807, 2.05) is 30.5 Å². The molecule has 1 fully saturated rings. The number of hydrazone groups is 1. The summed E-state index contributed by atoms with van der Waals surface area (Å²) >= 11 is 0. The van der Waals surface area contributed by atoms with Crippen LogP contribution >= 0.6 is 0 Å². The summed E-state index contributed by atoms with van der Waals surface area (Å²) in [5.41, 5.74) is 2.59. The Morgan fingerprint density at radius 2 is 1.48 bits per heavy atom. The van der Waals surface area contributed by atoms with Crippen molar-refractivity contribution in [2.24, 2.45) is 5.10 Å². The maximum Gasteiger partial charge on any atom is 0.0488 e. The van der Waals surface area contributed by atoms with Crippen molar-refractivity contribution in [1.29, 1.82) is 0 Å². The molecule has 0 unspecified atom stereocenters. The molecule has 0 amide bonds. The van der Waals surface area contributed by atoms with Gasteiger partial charge in [0.05, 0.1) is 0 Å². The molecule has 1 heterocycles. The molecule has 0 aliphatic carbocycles. The van der Waals surface area contributed by atoms with Crippen molar-refractivity contribution < 1.29 is 0 Å². The molecule has 1 aliphatic heterocycles. The molecule has 0 spiro atoms. The molecular weight excluding hydrogens is 282 g/mol. The van der Waals surface area contributed by atoms with Crippen LogP contribution in [0.25, 0.3) is 6.08 Å². The van der Waals surface area contributed by atoms with Crippen molar-refractivity contribution in [3.8, 4) is 0 Å². The summed E-state index contributed by atoms with van der Waals surface area (Å²) in [7, 11) is 0. The molecule has 0 bridgehead atoms. The number of hydrogen-bond donors (Lipinski definition) is 0. The average molecular weight is 305 g/mol. The smallest absolute Gasteiger partial charge is 0.0488 e. The lowest BCUT2D eigenvalue weighted by atomic mass is 10.2. The molecule has 23 heavy (non-hydrogen) atoms. The van der Waals surface area contributed by atoms with Gasteiger partial charge in [-0.1, -0.05) is 66.7 Å². The number of hydrogen-bond acceptors (Lipinski definition) is 3. The third kappa shape index (κ3) is 5.08. The second kappa shape index (κ2) is 8.30. The van der Waals surface area contributed by atoms with E-state index in [0.29, 0.717) is 0 Å².